The lowest BCUT2D eigenvalue weighted by molar-refractivity contribution is 0.464. The Hall–Kier alpha value is -1.95. The first-order valence-corrected chi connectivity index (χ1v) is 6.27. The lowest BCUT2D eigenvalue weighted by Gasteiger charge is -2.04. The normalized spacial score (nSPS) is 11.1. The molecule has 0 saturated heterocycles. The van der Waals surface area contributed by atoms with Gasteiger partial charge >= 0.3 is 16.1 Å². The minimum Gasteiger partial charge on any atom is -0.339 e. The smallest absolute Gasteiger partial charge is 0.339 e. The first-order valence-electron chi connectivity index (χ1n) is 4.86. The quantitative estimate of drug-likeness (QED) is 0.773. The van der Waals surface area contributed by atoms with E-state index in [2.05, 4.69) is 9.97 Å². The fourth-order valence-electron chi connectivity index (χ4n) is 1.18. The van der Waals surface area contributed by atoms with Crippen molar-refractivity contribution in [3.05, 3.63) is 48.3 Å². The Kier molecular flexibility index (Phi) is 3.06. The molecular formula is C11H10N2O3S. The van der Waals surface area contributed by atoms with E-state index in [0.29, 0.717) is 0 Å². The number of hydrogen-bond donors (Lipinski definition) is 0. The standard InChI is InChI=1S/C11H10N2O3S/c1-9-3-5-10(6-4-9)17(14,15)16-11-12-7-2-8-13-11/h2-8H,1H3. The average Bonchev–Trinajstić information content (AvgIpc) is 2.30. The molecule has 2 aromatic rings. The Morgan fingerprint density at radius 3 is 2.24 bits per heavy atom. The lowest BCUT2D eigenvalue weighted by Crippen LogP contribution is -2.11. The number of benzene rings is 1. The molecule has 0 spiro atoms. The minimum atomic E-state index is -3.86. The molecule has 0 atom stereocenters. The third kappa shape index (κ3) is 2.79. The average molecular weight is 250 g/mol. The van der Waals surface area contributed by atoms with Gasteiger partial charge in [-0.05, 0) is 25.1 Å². The zero-order valence-corrected chi connectivity index (χ0v) is 9.89. The van der Waals surface area contributed by atoms with Gasteiger partial charge in [-0.15, -0.1) is 0 Å². The van der Waals surface area contributed by atoms with Crippen LogP contribution in [0.3, 0.4) is 0 Å². The van der Waals surface area contributed by atoms with E-state index in [9.17, 15) is 8.42 Å². The second-order valence-corrected chi connectivity index (χ2v) is 4.93. The summed E-state index contributed by atoms with van der Waals surface area (Å²) in [7, 11) is -3.86. The molecule has 17 heavy (non-hydrogen) atoms. The molecule has 6 heteroatoms. The summed E-state index contributed by atoms with van der Waals surface area (Å²) < 4.78 is 28.4. The maximum atomic E-state index is 11.8. The SMILES string of the molecule is Cc1ccc(S(=O)(=O)Oc2ncccn2)cc1. The van der Waals surface area contributed by atoms with Gasteiger partial charge in [0.25, 0.3) is 0 Å². The maximum absolute atomic E-state index is 11.8. The molecular weight excluding hydrogens is 240 g/mol. The van der Waals surface area contributed by atoms with Crippen molar-refractivity contribution >= 4 is 10.1 Å². The highest BCUT2D eigenvalue weighted by Crippen LogP contribution is 2.14. The van der Waals surface area contributed by atoms with Crippen molar-refractivity contribution in [2.45, 2.75) is 11.8 Å². The molecule has 0 saturated carbocycles. The highest BCUT2D eigenvalue weighted by Gasteiger charge is 2.17. The molecule has 0 radical (unpaired) electrons. The third-order valence-electron chi connectivity index (χ3n) is 2.04. The zero-order chi connectivity index (χ0) is 12.3. The Morgan fingerprint density at radius 2 is 1.65 bits per heavy atom. The van der Waals surface area contributed by atoms with E-state index in [-0.39, 0.29) is 10.9 Å². The van der Waals surface area contributed by atoms with Crippen LogP contribution in [0.2, 0.25) is 0 Å². The lowest BCUT2D eigenvalue weighted by atomic mass is 10.2. The molecule has 0 aliphatic heterocycles. The van der Waals surface area contributed by atoms with Crippen LogP contribution in [0.15, 0.2) is 47.6 Å². The molecule has 0 aliphatic carbocycles. The van der Waals surface area contributed by atoms with Crippen molar-refractivity contribution in [3.8, 4) is 6.01 Å². The van der Waals surface area contributed by atoms with Crippen molar-refractivity contribution in [2.75, 3.05) is 0 Å². The minimum absolute atomic E-state index is 0.0792. The van der Waals surface area contributed by atoms with E-state index in [1.54, 1.807) is 18.2 Å². The van der Waals surface area contributed by atoms with Crippen LogP contribution in [0, 0.1) is 6.92 Å². The van der Waals surface area contributed by atoms with Crippen molar-refractivity contribution in [1.82, 2.24) is 9.97 Å². The van der Waals surface area contributed by atoms with E-state index in [4.69, 9.17) is 4.18 Å². The Labute approximate surface area is 99.2 Å². The fourth-order valence-corrected chi connectivity index (χ4v) is 2.03. The number of aryl methyl sites for hydroxylation is 1. The summed E-state index contributed by atoms with van der Waals surface area (Å²) in [5.41, 5.74) is 0.972. The van der Waals surface area contributed by atoms with Crippen molar-refractivity contribution < 1.29 is 12.6 Å². The summed E-state index contributed by atoms with van der Waals surface area (Å²) in [5.74, 6) is 0. The van der Waals surface area contributed by atoms with Crippen LogP contribution in [-0.4, -0.2) is 18.4 Å². The highest BCUT2D eigenvalue weighted by atomic mass is 32.2. The van der Waals surface area contributed by atoms with Crippen LogP contribution in [0.1, 0.15) is 5.56 Å². The summed E-state index contributed by atoms with van der Waals surface area (Å²) in [6.07, 6.45) is 2.82. The summed E-state index contributed by atoms with van der Waals surface area (Å²) in [5, 5.41) is 0. The van der Waals surface area contributed by atoms with Crippen molar-refractivity contribution in [3.63, 3.8) is 0 Å². The Balaban J connectivity index is 2.29. The van der Waals surface area contributed by atoms with Crippen LogP contribution in [0.25, 0.3) is 0 Å². The molecule has 5 nitrogen and oxygen atoms in total. The summed E-state index contributed by atoms with van der Waals surface area (Å²) in [6, 6.07) is 7.74. The van der Waals surface area contributed by atoms with Crippen LogP contribution in [0.5, 0.6) is 6.01 Å². The van der Waals surface area contributed by atoms with Crippen LogP contribution in [-0.2, 0) is 10.1 Å². The Bertz CT molecular complexity index is 594. The summed E-state index contributed by atoms with van der Waals surface area (Å²) in [4.78, 5) is 7.47. The number of hydrogen-bond acceptors (Lipinski definition) is 5. The number of rotatable bonds is 3. The monoisotopic (exact) mass is 250 g/mol. The van der Waals surface area contributed by atoms with Gasteiger partial charge < -0.3 is 4.18 Å². The molecule has 0 N–H and O–H groups in total. The molecule has 0 amide bonds. The van der Waals surface area contributed by atoms with E-state index < -0.39 is 10.1 Å². The summed E-state index contributed by atoms with van der Waals surface area (Å²) in [6.45, 7) is 1.87. The Morgan fingerprint density at radius 1 is 1.06 bits per heavy atom. The maximum Gasteiger partial charge on any atom is 0.341 e. The molecule has 0 aliphatic rings. The fraction of sp³-hybridized carbons (Fsp3) is 0.0909. The predicted octanol–water partition coefficient (Wildman–Crippen LogP) is 1.55. The molecule has 0 fully saturated rings. The first kappa shape index (κ1) is 11.5. The van der Waals surface area contributed by atoms with E-state index in [1.807, 2.05) is 6.92 Å². The largest absolute Gasteiger partial charge is 0.341 e. The van der Waals surface area contributed by atoms with Crippen molar-refractivity contribution in [1.29, 1.82) is 0 Å². The molecule has 88 valence electrons. The first-order chi connectivity index (χ1) is 8.08. The number of aromatic nitrogens is 2. The second-order valence-electron chi connectivity index (χ2n) is 3.38. The van der Waals surface area contributed by atoms with E-state index in [0.717, 1.165) is 5.56 Å². The zero-order valence-electron chi connectivity index (χ0n) is 9.07. The van der Waals surface area contributed by atoms with Gasteiger partial charge in [-0.1, -0.05) is 17.7 Å². The predicted molar refractivity (Wildman–Crippen MR) is 61.0 cm³/mol. The molecule has 2 rings (SSSR count). The van der Waals surface area contributed by atoms with Gasteiger partial charge in [-0.3, -0.25) is 0 Å². The van der Waals surface area contributed by atoms with Gasteiger partial charge in [0, 0.05) is 12.4 Å². The molecule has 0 bridgehead atoms. The molecule has 1 aromatic carbocycles. The topological polar surface area (TPSA) is 69.2 Å². The highest BCUT2D eigenvalue weighted by molar-refractivity contribution is 7.87. The van der Waals surface area contributed by atoms with Gasteiger partial charge in [0.15, 0.2) is 0 Å². The summed E-state index contributed by atoms with van der Waals surface area (Å²) >= 11 is 0. The van der Waals surface area contributed by atoms with Crippen LogP contribution >= 0.6 is 0 Å². The van der Waals surface area contributed by atoms with Gasteiger partial charge in [0.05, 0.1) is 0 Å². The second kappa shape index (κ2) is 4.50. The third-order valence-corrected chi connectivity index (χ3v) is 3.25. The van der Waals surface area contributed by atoms with Gasteiger partial charge in [0.2, 0.25) is 0 Å². The van der Waals surface area contributed by atoms with Gasteiger partial charge in [-0.2, -0.15) is 8.42 Å². The molecule has 1 aromatic heterocycles. The van der Waals surface area contributed by atoms with Crippen LogP contribution in [0.4, 0.5) is 0 Å². The van der Waals surface area contributed by atoms with Crippen LogP contribution < -0.4 is 4.18 Å². The molecule has 0 unspecified atom stereocenters. The number of nitrogens with zero attached hydrogens (tertiary/aromatic N) is 2. The van der Waals surface area contributed by atoms with E-state index >= 15 is 0 Å². The van der Waals surface area contributed by atoms with Gasteiger partial charge in [0.1, 0.15) is 4.90 Å². The van der Waals surface area contributed by atoms with E-state index in [1.165, 1.54) is 24.5 Å². The van der Waals surface area contributed by atoms with Gasteiger partial charge in [-0.25, -0.2) is 9.97 Å². The molecule has 1 heterocycles. The van der Waals surface area contributed by atoms with Crippen molar-refractivity contribution in [2.24, 2.45) is 0 Å².